The fourth-order valence-electron chi connectivity index (χ4n) is 7.76. The Morgan fingerprint density at radius 1 is 1.03 bits per heavy atom. The molecule has 0 saturated heterocycles. The summed E-state index contributed by atoms with van der Waals surface area (Å²) in [4.78, 5) is 0. The molecule has 0 aromatic heterocycles. The van der Waals surface area contributed by atoms with Crippen molar-refractivity contribution in [2.24, 2.45) is 16.7 Å². The third-order valence-corrected chi connectivity index (χ3v) is 8.64. The van der Waals surface area contributed by atoms with Gasteiger partial charge in [0.1, 0.15) is 12.4 Å². The number of methoxy groups -OCH3 is 1. The molecule has 33 heavy (non-hydrogen) atoms. The van der Waals surface area contributed by atoms with Crippen molar-refractivity contribution in [3.8, 4) is 11.5 Å². The highest BCUT2D eigenvalue weighted by Crippen LogP contribution is 2.66. The van der Waals surface area contributed by atoms with Crippen LogP contribution in [0.3, 0.4) is 0 Å². The first-order valence-corrected chi connectivity index (χ1v) is 12.5. The van der Waals surface area contributed by atoms with E-state index in [1.807, 2.05) is 12.1 Å². The minimum atomic E-state index is -0.406. The standard InChI is InChI=1S/C27H32Cl2FNO2/c1-25-9-18-10-26(2,14-25)16-27(11-18,15-25)31-12-17-7-21(29)24(23(8-17)32-3)33-13-19-20(28)5-4-6-22(19)30/h4-8,18,31H,9-16H2,1-3H3. The third-order valence-electron chi connectivity index (χ3n) is 8.01. The molecule has 2 aromatic rings. The summed E-state index contributed by atoms with van der Waals surface area (Å²) in [5, 5.41) is 4.71. The van der Waals surface area contributed by atoms with Crippen molar-refractivity contribution in [2.45, 2.75) is 71.1 Å². The van der Waals surface area contributed by atoms with E-state index in [0.717, 1.165) is 18.0 Å². The summed E-state index contributed by atoms with van der Waals surface area (Å²) >= 11 is 12.7. The smallest absolute Gasteiger partial charge is 0.180 e. The summed E-state index contributed by atoms with van der Waals surface area (Å²) in [6.45, 7) is 5.68. The van der Waals surface area contributed by atoms with Gasteiger partial charge in [-0.1, -0.05) is 43.1 Å². The number of hydrogen-bond donors (Lipinski definition) is 1. The lowest BCUT2D eigenvalue weighted by Crippen LogP contribution is -2.63. The SMILES string of the molecule is COc1cc(CNC23CC4CC(C)(CC(C)(C4)C2)C3)cc(Cl)c1OCc1c(F)cccc1Cl. The van der Waals surface area contributed by atoms with Gasteiger partial charge in [0.05, 0.1) is 17.2 Å². The van der Waals surface area contributed by atoms with Gasteiger partial charge in [0.2, 0.25) is 0 Å². The van der Waals surface area contributed by atoms with Crippen LogP contribution in [0.15, 0.2) is 30.3 Å². The zero-order valence-corrected chi connectivity index (χ0v) is 21.1. The van der Waals surface area contributed by atoms with Gasteiger partial charge in [0, 0.05) is 17.6 Å². The van der Waals surface area contributed by atoms with Gasteiger partial charge in [-0.2, -0.15) is 0 Å². The number of benzene rings is 2. The highest BCUT2D eigenvalue weighted by atomic mass is 35.5. The van der Waals surface area contributed by atoms with Gasteiger partial charge in [-0.05, 0) is 85.1 Å². The molecular formula is C27H32Cl2FNO2. The summed E-state index contributed by atoms with van der Waals surface area (Å²) in [6, 6.07) is 8.45. The second-order valence-electron chi connectivity index (χ2n) is 11.4. The Labute approximate surface area is 205 Å². The Hall–Kier alpha value is -1.49. The fourth-order valence-corrected chi connectivity index (χ4v) is 8.27. The molecule has 6 heteroatoms. The molecule has 4 aliphatic carbocycles. The molecule has 6 rings (SSSR count). The van der Waals surface area contributed by atoms with Crippen molar-refractivity contribution in [3.63, 3.8) is 0 Å². The van der Waals surface area contributed by atoms with Gasteiger partial charge in [-0.15, -0.1) is 0 Å². The van der Waals surface area contributed by atoms with Crippen LogP contribution in [0.25, 0.3) is 0 Å². The highest BCUT2D eigenvalue weighted by Gasteiger charge is 2.59. The zero-order valence-electron chi connectivity index (χ0n) is 19.6. The minimum Gasteiger partial charge on any atom is -0.493 e. The van der Waals surface area contributed by atoms with Crippen LogP contribution in [-0.2, 0) is 13.2 Å². The maximum atomic E-state index is 14.1. The lowest BCUT2D eigenvalue weighted by atomic mass is 9.43. The molecular weight excluding hydrogens is 460 g/mol. The van der Waals surface area contributed by atoms with Crippen molar-refractivity contribution in [3.05, 3.63) is 57.3 Å². The van der Waals surface area contributed by atoms with Crippen LogP contribution in [0.5, 0.6) is 11.5 Å². The summed E-state index contributed by atoms with van der Waals surface area (Å²) in [5.41, 5.74) is 2.48. The van der Waals surface area contributed by atoms with Crippen LogP contribution >= 0.6 is 23.2 Å². The van der Waals surface area contributed by atoms with Gasteiger partial charge < -0.3 is 14.8 Å². The minimum absolute atomic E-state index is 0.0269. The largest absolute Gasteiger partial charge is 0.493 e. The van der Waals surface area contributed by atoms with E-state index in [9.17, 15) is 4.39 Å². The van der Waals surface area contributed by atoms with Gasteiger partial charge in [0.25, 0.3) is 0 Å². The normalized spacial score (nSPS) is 32.2. The van der Waals surface area contributed by atoms with E-state index in [1.54, 1.807) is 19.2 Å². The second kappa shape index (κ2) is 8.32. The molecule has 0 heterocycles. The zero-order chi connectivity index (χ0) is 23.4. The van der Waals surface area contributed by atoms with E-state index < -0.39 is 5.82 Å². The Morgan fingerprint density at radius 3 is 2.39 bits per heavy atom. The van der Waals surface area contributed by atoms with Gasteiger partial charge >= 0.3 is 0 Å². The van der Waals surface area contributed by atoms with Crippen LogP contribution in [0.2, 0.25) is 10.0 Å². The van der Waals surface area contributed by atoms with Crippen molar-refractivity contribution >= 4 is 23.2 Å². The molecule has 2 atom stereocenters. The molecule has 0 aliphatic heterocycles. The van der Waals surface area contributed by atoms with E-state index in [0.29, 0.717) is 37.9 Å². The van der Waals surface area contributed by atoms with Crippen LogP contribution in [0, 0.1) is 22.6 Å². The lowest BCUT2D eigenvalue weighted by molar-refractivity contribution is -0.118. The number of halogens is 3. The van der Waals surface area contributed by atoms with Gasteiger partial charge in [-0.25, -0.2) is 4.39 Å². The summed E-state index contributed by atoms with van der Waals surface area (Å²) < 4.78 is 25.6. The highest BCUT2D eigenvalue weighted by molar-refractivity contribution is 6.32. The second-order valence-corrected chi connectivity index (χ2v) is 12.2. The Balaban J connectivity index is 1.32. The molecule has 2 unspecified atom stereocenters. The van der Waals surface area contributed by atoms with Crippen molar-refractivity contribution in [1.29, 1.82) is 0 Å². The van der Waals surface area contributed by atoms with Crippen molar-refractivity contribution < 1.29 is 13.9 Å². The molecule has 178 valence electrons. The van der Waals surface area contributed by atoms with Crippen LogP contribution in [-0.4, -0.2) is 12.6 Å². The number of ether oxygens (including phenoxy) is 2. The topological polar surface area (TPSA) is 30.5 Å². The van der Waals surface area contributed by atoms with Crippen molar-refractivity contribution in [2.75, 3.05) is 7.11 Å². The first kappa shape index (κ1) is 23.3. The van der Waals surface area contributed by atoms with E-state index in [1.165, 1.54) is 44.6 Å². The molecule has 4 aliphatic rings. The molecule has 1 N–H and O–H groups in total. The summed E-state index contributed by atoms with van der Waals surface area (Å²) in [5.74, 6) is 1.37. The Morgan fingerprint density at radius 2 is 1.76 bits per heavy atom. The molecule has 0 amide bonds. The van der Waals surface area contributed by atoms with Gasteiger partial charge in [-0.3, -0.25) is 0 Å². The molecule has 4 fully saturated rings. The number of nitrogens with one attached hydrogen (secondary N) is 1. The molecule has 0 radical (unpaired) electrons. The van der Waals surface area contributed by atoms with Crippen molar-refractivity contribution in [1.82, 2.24) is 5.32 Å². The summed E-state index contributed by atoms with van der Waals surface area (Å²) in [7, 11) is 1.59. The molecule has 0 spiro atoms. The average Bonchev–Trinajstić information content (AvgIpc) is 2.70. The molecule has 4 bridgehead atoms. The van der Waals surface area contributed by atoms with E-state index in [2.05, 4.69) is 19.2 Å². The quantitative estimate of drug-likeness (QED) is 0.433. The first-order valence-electron chi connectivity index (χ1n) is 11.8. The fraction of sp³-hybridized carbons (Fsp3) is 0.556. The van der Waals surface area contributed by atoms with Crippen LogP contribution in [0.1, 0.15) is 63.5 Å². The predicted molar refractivity (Wildman–Crippen MR) is 131 cm³/mol. The number of hydrogen-bond acceptors (Lipinski definition) is 3. The molecule has 4 saturated carbocycles. The predicted octanol–water partition coefficient (Wildman–Crippen LogP) is 7.56. The first-order chi connectivity index (χ1) is 15.6. The Bertz CT molecular complexity index is 1040. The maximum Gasteiger partial charge on any atom is 0.180 e. The monoisotopic (exact) mass is 491 g/mol. The lowest BCUT2D eigenvalue weighted by Gasteiger charge is -2.65. The number of rotatable bonds is 7. The maximum absolute atomic E-state index is 14.1. The van der Waals surface area contributed by atoms with E-state index >= 15 is 0 Å². The summed E-state index contributed by atoms with van der Waals surface area (Å²) in [6.07, 6.45) is 7.89. The third kappa shape index (κ3) is 4.47. The van der Waals surface area contributed by atoms with Crippen LogP contribution in [0.4, 0.5) is 4.39 Å². The van der Waals surface area contributed by atoms with E-state index in [-0.39, 0.29) is 12.1 Å². The Kier molecular flexibility index (Phi) is 5.86. The van der Waals surface area contributed by atoms with E-state index in [4.69, 9.17) is 32.7 Å². The van der Waals surface area contributed by atoms with Gasteiger partial charge in [0.15, 0.2) is 11.5 Å². The average molecular weight is 492 g/mol. The molecule has 2 aromatic carbocycles. The molecule has 3 nitrogen and oxygen atoms in total. The van der Waals surface area contributed by atoms with Crippen LogP contribution < -0.4 is 14.8 Å².